The molecule has 6 heteroatoms. The number of ether oxygens (including phenoxy) is 2. The highest BCUT2D eigenvalue weighted by atomic mass is 16.5. The Morgan fingerprint density at radius 2 is 1.86 bits per heavy atom. The first-order valence-corrected chi connectivity index (χ1v) is 6.51. The maximum absolute atomic E-state index is 12.0. The van der Waals surface area contributed by atoms with Crippen LogP contribution in [0.5, 0.6) is 11.5 Å². The standard InChI is InChI=1S/C16H16N2O4/c1-21-13-6-7-15(22-2)14(9-13)18-16(20)17-12-5-3-4-11(8-12)10-19/h3-10H,1-2H3,(H2,17,18,20). The number of urea groups is 1. The molecule has 114 valence electrons. The summed E-state index contributed by atoms with van der Waals surface area (Å²) in [6.45, 7) is 0. The molecule has 0 aliphatic heterocycles. The Balaban J connectivity index is 2.12. The molecule has 2 N–H and O–H groups in total. The van der Waals surface area contributed by atoms with Crippen LogP contribution in [0.4, 0.5) is 16.2 Å². The average molecular weight is 300 g/mol. The van der Waals surface area contributed by atoms with Gasteiger partial charge in [0.1, 0.15) is 17.8 Å². The number of rotatable bonds is 5. The fourth-order valence-corrected chi connectivity index (χ4v) is 1.89. The van der Waals surface area contributed by atoms with Crippen LogP contribution < -0.4 is 20.1 Å². The summed E-state index contributed by atoms with van der Waals surface area (Å²) in [5, 5.41) is 5.33. The third-order valence-corrected chi connectivity index (χ3v) is 2.94. The lowest BCUT2D eigenvalue weighted by Crippen LogP contribution is -2.19. The molecule has 0 radical (unpaired) electrons. The number of anilines is 2. The number of hydrogen-bond acceptors (Lipinski definition) is 4. The van der Waals surface area contributed by atoms with Crippen molar-refractivity contribution in [3.63, 3.8) is 0 Å². The maximum Gasteiger partial charge on any atom is 0.323 e. The average Bonchev–Trinajstić information content (AvgIpc) is 2.54. The molecule has 0 fully saturated rings. The number of nitrogens with one attached hydrogen (secondary N) is 2. The summed E-state index contributed by atoms with van der Waals surface area (Å²) in [5.41, 5.74) is 1.48. The molecule has 2 rings (SSSR count). The highest BCUT2D eigenvalue weighted by Gasteiger charge is 2.09. The van der Waals surface area contributed by atoms with Crippen LogP contribution in [0.3, 0.4) is 0 Å². The van der Waals surface area contributed by atoms with Gasteiger partial charge in [-0.05, 0) is 24.3 Å². The number of carbonyl (C=O) groups excluding carboxylic acids is 2. The molecule has 0 saturated carbocycles. The van der Waals surface area contributed by atoms with Gasteiger partial charge in [0, 0.05) is 17.3 Å². The second-order valence-electron chi connectivity index (χ2n) is 4.39. The zero-order chi connectivity index (χ0) is 15.9. The number of benzene rings is 2. The Bertz CT molecular complexity index is 686. The van der Waals surface area contributed by atoms with Crippen LogP contribution in [-0.4, -0.2) is 26.5 Å². The lowest BCUT2D eigenvalue weighted by molar-refractivity contribution is 0.112. The number of amides is 2. The number of carbonyl (C=O) groups is 2. The minimum atomic E-state index is -0.449. The van der Waals surface area contributed by atoms with E-state index in [0.717, 1.165) is 0 Å². The van der Waals surface area contributed by atoms with Gasteiger partial charge in [0.15, 0.2) is 0 Å². The third kappa shape index (κ3) is 3.76. The molecule has 0 heterocycles. The van der Waals surface area contributed by atoms with E-state index in [0.29, 0.717) is 34.7 Å². The van der Waals surface area contributed by atoms with E-state index < -0.39 is 6.03 Å². The second-order valence-corrected chi connectivity index (χ2v) is 4.39. The largest absolute Gasteiger partial charge is 0.497 e. The smallest absolute Gasteiger partial charge is 0.323 e. The van der Waals surface area contributed by atoms with Gasteiger partial charge in [-0.1, -0.05) is 12.1 Å². The summed E-state index contributed by atoms with van der Waals surface area (Å²) >= 11 is 0. The molecule has 0 aliphatic rings. The number of aldehydes is 1. The number of methoxy groups -OCH3 is 2. The van der Waals surface area contributed by atoms with E-state index in [2.05, 4.69) is 10.6 Å². The normalized spacial score (nSPS) is 9.73. The van der Waals surface area contributed by atoms with Crippen molar-refractivity contribution in [3.8, 4) is 11.5 Å². The maximum atomic E-state index is 12.0. The summed E-state index contributed by atoms with van der Waals surface area (Å²) in [6.07, 6.45) is 0.716. The Hall–Kier alpha value is -3.02. The van der Waals surface area contributed by atoms with Gasteiger partial charge >= 0.3 is 6.03 Å². The van der Waals surface area contributed by atoms with Crippen molar-refractivity contribution in [2.24, 2.45) is 0 Å². The summed E-state index contributed by atoms with van der Waals surface area (Å²) in [6, 6.07) is 11.2. The van der Waals surface area contributed by atoms with Gasteiger partial charge in [0.05, 0.1) is 19.9 Å². The van der Waals surface area contributed by atoms with Crippen LogP contribution in [0.15, 0.2) is 42.5 Å². The van der Waals surface area contributed by atoms with Crippen molar-refractivity contribution in [1.29, 1.82) is 0 Å². The van der Waals surface area contributed by atoms with Crippen molar-refractivity contribution in [3.05, 3.63) is 48.0 Å². The van der Waals surface area contributed by atoms with E-state index in [-0.39, 0.29) is 0 Å². The molecule has 2 aromatic rings. The van der Waals surface area contributed by atoms with E-state index in [1.165, 1.54) is 14.2 Å². The molecular formula is C16H16N2O4. The minimum absolute atomic E-state index is 0.449. The van der Waals surface area contributed by atoms with Crippen LogP contribution in [0.25, 0.3) is 0 Å². The lowest BCUT2D eigenvalue weighted by atomic mass is 10.2. The van der Waals surface area contributed by atoms with Crippen LogP contribution in [-0.2, 0) is 0 Å². The third-order valence-electron chi connectivity index (χ3n) is 2.94. The van der Waals surface area contributed by atoms with Gasteiger partial charge in [0.2, 0.25) is 0 Å². The molecule has 0 aromatic heterocycles. The van der Waals surface area contributed by atoms with Gasteiger partial charge in [-0.15, -0.1) is 0 Å². The molecule has 6 nitrogen and oxygen atoms in total. The second kappa shape index (κ2) is 7.12. The zero-order valence-electron chi connectivity index (χ0n) is 12.3. The topological polar surface area (TPSA) is 76.7 Å². The van der Waals surface area contributed by atoms with E-state index in [1.807, 2.05) is 0 Å². The predicted octanol–water partition coefficient (Wildman–Crippen LogP) is 3.16. The first-order chi connectivity index (χ1) is 10.7. The van der Waals surface area contributed by atoms with E-state index in [1.54, 1.807) is 42.5 Å². The molecule has 0 spiro atoms. The van der Waals surface area contributed by atoms with Crippen molar-refractivity contribution >= 4 is 23.7 Å². The Labute approximate surface area is 128 Å². The highest BCUT2D eigenvalue weighted by molar-refractivity contribution is 6.01. The lowest BCUT2D eigenvalue weighted by Gasteiger charge is -2.12. The summed E-state index contributed by atoms with van der Waals surface area (Å²) < 4.78 is 10.3. The predicted molar refractivity (Wildman–Crippen MR) is 84.0 cm³/mol. The van der Waals surface area contributed by atoms with Crippen LogP contribution in [0, 0.1) is 0 Å². The Kier molecular flexibility index (Phi) is 4.98. The molecule has 2 amide bonds. The fraction of sp³-hybridized carbons (Fsp3) is 0.125. The van der Waals surface area contributed by atoms with Crippen LogP contribution in [0.1, 0.15) is 10.4 Å². The molecule has 0 aliphatic carbocycles. The molecule has 0 saturated heterocycles. The molecule has 22 heavy (non-hydrogen) atoms. The van der Waals surface area contributed by atoms with E-state index in [9.17, 15) is 9.59 Å². The summed E-state index contributed by atoms with van der Waals surface area (Å²) in [5.74, 6) is 1.11. The highest BCUT2D eigenvalue weighted by Crippen LogP contribution is 2.29. The van der Waals surface area contributed by atoms with Gasteiger partial charge in [-0.2, -0.15) is 0 Å². The van der Waals surface area contributed by atoms with Crippen molar-refractivity contribution in [2.45, 2.75) is 0 Å². The van der Waals surface area contributed by atoms with E-state index in [4.69, 9.17) is 9.47 Å². The summed E-state index contributed by atoms with van der Waals surface area (Å²) in [7, 11) is 3.05. The molecule has 0 bridgehead atoms. The molecular weight excluding hydrogens is 284 g/mol. The molecule has 0 atom stereocenters. The SMILES string of the molecule is COc1ccc(OC)c(NC(=O)Nc2cccc(C=O)c2)c1. The fourth-order valence-electron chi connectivity index (χ4n) is 1.89. The Morgan fingerprint density at radius 1 is 1.05 bits per heavy atom. The summed E-state index contributed by atoms with van der Waals surface area (Å²) in [4.78, 5) is 22.8. The van der Waals surface area contributed by atoms with Gasteiger partial charge < -0.3 is 20.1 Å². The quantitative estimate of drug-likeness (QED) is 0.832. The monoisotopic (exact) mass is 300 g/mol. The number of hydrogen-bond donors (Lipinski definition) is 2. The first kappa shape index (κ1) is 15.4. The molecule has 0 unspecified atom stereocenters. The van der Waals surface area contributed by atoms with Crippen LogP contribution >= 0.6 is 0 Å². The van der Waals surface area contributed by atoms with Gasteiger partial charge in [-0.25, -0.2) is 4.79 Å². The van der Waals surface area contributed by atoms with E-state index >= 15 is 0 Å². The van der Waals surface area contributed by atoms with Crippen molar-refractivity contribution < 1.29 is 19.1 Å². The minimum Gasteiger partial charge on any atom is -0.497 e. The van der Waals surface area contributed by atoms with Gasteiger partial charge in [0.25, 0.3) is 0 Å². The Morgan fingerprint density at radius 3 is 2.55 bits per heavy atom. The zero-order valence-corrected chi connectivity index (χ0v) is 12.3. The van der Waals surface area contributed by atoms with Crippen LogP contribution in [0.2, 0.25) is 0 Å². The van der Waals surface area contributed by atoms with Crippen molar-refractivity contribution in [1.82, 2.24) is 0 Å². The first-order valence-electron chi connectivity index (χ1n) is 6.51. The molecule has 2 aromatic carbocycles. The van der Waals surface area contributed by atoms with Crippen molar-refractivity contribution in [2.75, 3.05) is 24.9 Å². The van der Waals surface area contributed by atoms with Gasteiger partial charge in [-0.3, -0.25) is 4.79 Å².